The van der Waals surface area contributed by atoms with E-state index in [0.717, 1.165) is 23.2 Å². The van der Waals surface area contributed by atoms with Crippen LogP contribution in [0.3, 0.4) is 0 Å². The largest absolute Gasteiger partial charge is 0.372 e. The van der Waals surface area contributed by atoms with Crippen molar-refractivity contribution in [3.05, 3.63) is 22.9 Å². The lowest BCUT2D eigenvalue weighted by Crippen LogP contribution is -2.27. The van der Waals surface area contributed by atoms with E-state index in [-0.39, 0.29) is 0 Å². The van der Waals surface area contributed by atoms with Crippen LogP contribution in [-0.4, -0.2) is 32.2 Å². The zero-order valence-corrected chi connectivity index (χ0v) is 9.50. The van der Waals surface area contributed by atoms with E-state index in [1.165, 1.54) is 0 Å². The van der Waals surface area contributed by atoms with Gasteiger partial charge < -0.3 is 10.2 Å². The first-order chi connectivity index (χ1) is 6.24. The number of hydrogen-bond donors (Lipinski definition) is 1. The molecule has 0 atom stereocenters. The van der Waals surface area contributed by atoms with E-state index >= 15 is 0 Å². The molecule has 3 nitrogen and oxygen atoms in total. The van der Waals surface area contributed by atoms with Crippen LogP contribution in [0.2, 0.25) is 0 Å². The summed E-state index contributed by atoms with van der Waals surface area (Å²) in [6.45, 7) is 1.96. The van der Waals surface area contributed by atoms with E-state index in [2.05, 4.69) is 44.2 Å². The third-order valence-electron chi connectivity index (χ3n) is 1.83. The van der Waals surface area contributed by atoms with Crippen molar-refractivity contribution in [1.82, 2.24) is 10.3 Å². The highest BCUT2D eigenvalue weighted by molar-refractivity contribution is 9.10. The van der Waals surface area contributed by atoms with E-state index in [0.29, 0.717) is 0 Å². The van der Waals surface area contributed by atoms with Crippen molar-refractivity contribution in [3.8, 4) is 0 Å². The zero-order chi connectivity index (χ0) is 9.68. The van der Waals surface area contributed by atoms with E-state index < -0.39 is 0 Å². The van der Waals surface area contributed by atoms with Crippen LogP contribution in [0.5, 0.6) is 0 Å². The van der Waals surface area contributed by atoms with Crippen LogP contribution in [0.1, 0.15) is 0 Å². The first-order valence-electron chi connectivity index (χ1n) is 4.20. The predicted octanol–water partition coefficient (Wildman–Crippen LogP) is 1.50. The summed E-state index contributed by atoms with van der Waals surface area (Å²) >= 11 is 3.39. The summed E-state index contributed by atoms with van der Waals surface area (Å²) < 4.78 is 1.02. The van der Waals surface area contributed by atoms with Gasteiger partial charge in [-0.05, 0) is 29.0 Å². The van der Waals surface area contributed by atoms with Gasteiger partial charge in [-0.25, -0.2) is 0 Å². The Hall–Kier alpha value is -0.610. The maximum atomic E-state index is 4.10. The fraction of sp³-hybridized carbons (Fsp3) is 0.444. The Kier molecular flexibility index (Phi) is 4.18. The van der Waals surface area contributed by atoms with Crippen LogP contribution >= 0.6 is 15.9 Å². The van der Waals surface area contributed by atoms with Crippen molar-refractivity contribution in [3.63, 3.8) is 0 Å². The molecule has 4 heteroatoms. The molecular formula is C9H14BrN3. The fourth-order valence-corrected chi connectivity index (χ4v) is 1.37. The summed E-state index contributed by atoms with van der Waals surface area (Å²) in [6.07, 6.45) is 3.65. The van der Waals surface area contributed by atoms with Crippen LogP contribution in [0.25, 0.3) is 0 Å². The number of pyridine rings is 1. The van der Waals surface area contributed by atoms with Crippen molar-refractivity contribution < 1.29 is 0 Å². The Morgan fingerprint density at radius 3 is 2.92 bits per heavy atom. The molecule has 0 fully saturated rings. The predicted molar refractivity (Wildman–Crippen MR) is 59.1 cm³/mol. The minimum absolute atomic E-state index is 0.975. The molecular weight excluding hydrogens is 230 g/mol. The average Bonchev–Trinajstić information content (AvgIpc) is 2.14. The smallest absolute Gasteiger partial charge is 0.0561 e. The first-order valence-corrected chi connectivity index (χ1v) is 4.99. The molecule has 13 heavy (non-hydrogen) atoms. The third-order valence-corrected chi connectivity index (χ3v) is 2.26. The third kappa shape index (κ3) is 3.32. The Morgan fingerprint density at radius 1 is 1.54 bits per heavy atom. The lowest BCUT2D eigenvalue weighted by molar-refractivity contribution is 0.767. The molecule has 0 radical (unpaired) electrons. The SMILES string of the molecule is CNCCN(C)c1cncc(Br)c1. The standard InChI is InChI=1S/C9H14BrN3/c1-11-3-4-13(2)9-5-8(10)6-12-7-9/h5-7,11H,3-4H2,1-2H3. The highest BCUT2D eigenvalue weighted by Crippen LogP contribution is 2.16. The van der Waals surface area contributed by atoms with Crippen molar-refractivity contribution in [1.29, 1.82) is 0 Å². The highest BCUT2D eigenvalue weighted by Gasteiger charge is 2.00. The maximum Gasteiger partial charge on any atom is 0.0561 e. The van der Waals surface area contributed by atoms with Gasteiger partial charge in [-0.3, -0.25) is 4.98 Å². The second-order valence-electron chi connectivity index (χ2n) is 2.89. The van der Waals surface area contributed by atoms with E-state index in [1.54, 1.807) is 6.20 Å². The summed E-state index contributed by atoms with van der Waals surface area (Å²) in [5.74, 6) is 0. The Bertz CT molecular complexity index is 265. The number of rotatable bonds is 4. The lowest BCUT2D eigenvalue weighted by atomic mass is 10.4. The minimum atomic E-state index is 0.975. The fourth-order valence-electron chi connectivity index (χ4n) is 1.02. The van der Waals surface area contributed by atoms with E-state index in [1.807, 2.05) is 13.2 Å². The molecule has 1 N–H and O–H groups in total. The minimum Gasteiger partial charge on any atom is -0.372 e. The van der Waals surface area contributed by atoms with Crippen molar-refractivity contribution >= 4 is 21.6 Å². The first kappa shape index (κ1) is 10.5. The molecule has 0 amide bonds. The number of hydrogen-bond acceptors (Lipinski definition) is 3. The molecule has 1 aromatic heterocycles. The summed E-state index contributed by atoms with van der Waals surface area (Å²) in [6, 6.07) is 2.06. The number of likely N-dealkylation sites (N-methyl/N-ethyl adjacent to an activating group) is 2. The molecule has 0 saturated heterocycles. The Balaban J connectivity index is 2.60. The molecule has 1 heterocycles. The van der Waals surface area contributed by atoms with Crippen LogP contribution in [0, 0.1) is 0 Å². The molecule has 0 aliphatic heterocycles. The second kappa shape index (κ2) is 5.19. The lowest BCUT2D eigenvalue weighted by Gasteiger charge is -2.18. The van der Waals surface area contributed by atoms with Crippen LogP contribution in [-0.2, 0) is 0 Å². The number of halogens is 1. The van der Waals surface area contributed by atoms with Gasteiger partial charge in [0.2, 0.25) is 0 Å². The zero-order valence-electron chi connectivity index (χ0n) is 7.92. The number of nitrogens with one attached hydrogen (secondary N) is 1. The Labute approximate surface area is 87.3 Å². The van der Waals surface area contributed by atoms with Crippen molar-refractivity contribution in [2.24, 2.45) is 0 Å². The van der Waals surface area contributed by atoms with Gasteiger partial charge in [-0.15, -0.1) is 0 Å². The van der Waals surface area contributed by atoms with E-state index in [9.17, 15) is 0 Å². The molecule has 0 bridgehead atoms. The normalized spacial score (nSPS) is 10.1. The van der Waals surface area contributed by atoms with E-state index in [4.69, 9.17) is 0 Å². The monoisotopic (exact) mass is 243 g/mol. The van der Waals surface area contributed by atoms with Gasteiger partial charge in [0.25, 0.3) is 0 Å². The topological polar surface area (TPSA) is 28.2 Å². The molecule has 0 saturated carbocycles. The highest BCUT2D eigenvalue weighted by atomic mass is 79.9. The van der Waals surface area contributed by atoms with Gasteiger partial charge >= 0.3 is 0 Å². The maximum absolute atomic E-state index is 4.10. The molecule has 1 rings (SSSR count). The van der Waals surface area contributed by atoms with Crippen LogP contribution < -0.4 is 10.2 Å². The molecule has 1 aromatic rings. The van der Waals surface area contributed by atoms with Gasteiger partial charge in [-0.1, -0.05) is 0 Å². The van der Waals surface area contributed by atoms with Crippen molar-refractivity contribution in [2.45, 2.75) is 0 Å². The molecule has 0 unspecified atom stereocenters. The molecule has 0 spiro atoms. The van der Waals surface area contributed by atoms with Crippen LogP contribution in [0.15, 0.2) is 22.9 Å². The number of aromatic nitrogens is 1. The van der Waals surface area contributed by atoms with Gasteiger partial charge in [0.15, 0.2) is 0 Å². The van der Waals surface area contributed by atoms with Gasteiger partial charge in [0.1, 0.15) is 0 Å². The summed E-state index contributed by atoms with van der Waals surface area (Å²) in [5.41, 5.74) is 1.13. The van der Waals surface area contributed by atoms with Gasteiger partial charge in [0.05, 0.1) is 11.9 Å². The summed E-state index contributed by atoms with van der Waals surface area (Å²) in [5, 5.41) is 3.11. The van der Waals surface area contributed by atoms with Crippen molar-refractivity contribution in [2.75, 3.05) is 32.1 Å². The molecule has 0 aliphatic rings. The quantitative estimate of drug-likeness (QED) is 0.869. The second-order valence-corrected chi connectivity index (χ2v) is 3.80. The molecule has 0 aliphatic carbocycles. The molecule has 0 aromatic carbocycles. The van der Waals surface area contributed by atoms with Crippen LogP contribution in [0.4, 0.5) is 5.69 Å². The number of anilines is 1. The Morgan fingerprint density at radius 2 is 2.31 bits per heavy atom. The molecule has 72 valence electrons. The summed E-state index contributed by atoms with van der Waals surface area (Å²) in [7, 11) is 4.01. The summed E-state index contributed by atoms with van der Waals surface area (Å²) in [4.78, 5) is 6.27. The average molecular weight is 244 g/mol. The number of nitrogens with zero attached hydrogens (tertiary/aromatic N) is 2. The van der Waals surface area contributed by atoms with Gasteiger partial charge in [0, 0.05) is 30.8 Å². The van der Waals surface area contributed by atoms with Gasteiger partial charge in [-0.2, -0.15) is 0 Å².